The van der Waals surface area contributed by atoms with Crippen LogP contribution in [0.15, 0.2) is 30.6 Å². The third-order valence-electron chi connectivity index (χ3n) is 4.99. The van der Waals surface area contributed by atoms with Crippen LogP contribution < -0.4 is 5.32 Å². The largest absolute Gasteiger partial charge is 0.339 e. The minimum atomic E-state index is 0.165. The molecule has 1 saturated heterocycles. The topological polar surface area (TPSA) is 63.1 Å². The quantitative estimate of drug-likeness (QED) is 0.928. The van der Waals surface area contributed by atoms with Gasteiger partial charge >= 0.3 is 0 Å². The van der Waals surface area contributed by atoms with Gasteiger partial charge in [-0.15, -0.1) is 0 Å². The lowest BCUT2D eigenvalue weighted by atomic mass is 10.1. The summed E-state index contributed by atoms with van der Waals surface area (Å²) in [6.07, 6.45) is 5.95. The lowest BCUT2D eigenvalue weighted by molar-refractivity contribution is 0.0793. The van der Waals surface area contributed by atoms with Crippen molar-refractivity contribution in [1.82, 2.24) is 25.0 Å². The van der Waals surface area contributed by atoms with Gasteiger partial charge in [-0.25, -0.2) is 9.67 Å². The van der Waals surface area contributed by atoms with E-state index >= 15 is 0 Å². The number of carbonyl (C=O) groups excluding carboxylic acids is 1. The first-order valence-electron chi connectivity index (χ1n) is 8.78. The molecule has 4 rings (SSSR count). The highest BCUT2D eigenvalue weighted by molar-refractivity contribution is 5.94. The third-order valence-corrected chi connectivity index (χ3v) is 4.99. The van der Waals surface area contributed by atoms with Crippen LogP contribution in [0.4, 0.5) is 0 Å². The Morgan fingerprint density at radius 2 is 2.00 bits per heavy atom. The number of fused-ring (bicyclic) bond motifs is 1. The number of carbonyl (C=O) groups is 1. The first-order chi connectivity index (χ1) is 11.8. The Hall–Kier alpha value is -2.21. The molecule has 1 aromatic heterocycles. The van der Waals surface area contributed by atoms with Gasteiger partial charge < -0.3 is 10.2 Å². The molecular formula is C18H23N5O. The van der Waals surface area contributed by atoms with Crippen LogP contribution in [0, 0.1) is 0 Å². The van der Waals surface area contributed by atoms with Crippen LogP contribution in [0.25, 0.3) is 0 Å². The number of amides is 1. The lowest BCUT2D eigenvalue weighted by Gasteiger charge is -2.23. The number of hydrogen-bond donors (Lipinski definition) is 1. The fraction of sp³-hybridized carbons (Fsp3) is 0.500. The van der Waals surface area contributed by atoms with Gasteiger partial charge in [0, 0.05) is 37.7 Å². The molecule has 6 nitrogen and oxygen atoms in total. The molecule has 2 aliphatic rings. The van der Waals surface area contributed by atoms with Gasteiger partial charge in [0.25, 0.3) is 5.91 Å². The number of nitrogens with zero attached hydrogens (tertiary/aromatic N) is 4. The van der Waals surface area contributed by atoms with E-state index in [0.717, 1.165) is 63.3 Å². The highest BCUT2D eigenvalue weighted by Gasteiger charge is 2.20. The van der Waals surface area contributed by atoms with Crippen LogP contribution in [0.3, 0.4) is 0 Å². The number of nitrogens with one attached hydrogen (secondary N) is 1. The van der Waals surface area contributed by atoms with Crippen molar-refractivity contribution in [2.75, 3.05) is 13.1 Å². The first kappa shape index (κ1) is 15.3. The van der Waals surface area contributed by atoms with E-state index in [9.17, 15) is 4.79 Å². The maximum absolute atomic E-state index is 12.3. The SMILES string of the molecule is O=C(c1ccc(CNC2CCc3ncnn3C2)cc1)N1CCCC1. The summed E-state index contributed by atoms with van der Waals surface area (Å²) in [5.41, 5.74) is 2.00. The van der Waals surface area contributed by atoms with Crippen LogP contribution in [0.5, 0.6) is 0 Å². The zero-order valence-electron chi connectivity index (χ0n) is 13.8. The average Bonchev–Trinajstić information content (AvgIpc) is 3.31. The van der Waals surface area contributed by atoms with Crippen LogP contribution in [-0.2, 0) is 19.5 Å². The van der Waals surface area contributed by atoms with Crippen molar-refractivity contribution >= 4 is 5.91 Å². The molecule has 2 aromatic rings. The molecule has 0 bridgehead atoms. The minimum Gasteiger partial charge on any atom is -0.339 e. The van der Waals surface area contributed by atoms with E-state index in [1.54, 1.807) is 6.33 Å². The summed E-state index contributed by atoms with van der Waals surface area (Å²) < 4.78 is 1.99. The van der Waals surface area contributed by atoms with E-state index in [2.05, 4.69) is 27.5 Å². The molecule has 0 spiro atoms. The van der Waals surface area contributed by atoms with Crippen LogP contribution in [0.2, 0.25) is 0 Å². The second-order valence-electron chi connectivity index (χ2n) is 6.67. The van der Waals surface area contributed by atoms with Gasteiger partial charge in [-0.05, 0) is 37.0 Å². The van der Waals surface area contributed by atoms with Crippen molar-refractivity contribution in [3.05, 3.63) is 47.5 Å². The Morgan fingerprint density at radius 1 is 1.21 bits per heavy atom. The lowest BCUT2D eigenvalue weighted by Crippen LogP contribution is -2.37. The molecule has 1 unspecified atom stereocenters. The van der Waals surface area contributed by atoms with Crippen molar-refractivity contribution in [2.45, 2.75) is 44.8 Å². The minimum absolute atomic E-state index is 0.165. The number of rotatable bonds is 4. The van der Waals surface area contributed by atoms with Gasteiger partial charge in [-0.1, -0.05) is 12.1 Å². The zero-order chi connectivity index (χ0) is 16.4. The van der Waals surface area contributed by atoms with E-state index in [1.165, 1.54) is 5.56 Å². The summed E-state index contributed by atoms with van der Waals surface area (Å²) in [6.45, 7) is 3.48. The van der Waals surface area contributed by atoms with E-state index < -0.39 is 0 Å². The van der Waals surface area contributed by atoms with Crippen LogP contribution in [0.1, 0.15) is 41.0 Å². The molecular weight excluding hydrogens is 302 g/mol. The molecule has 0 aliphatic carbocycles. The second kappa shape index (κ2) is 6.73. The molecule has 3 heterocycles. The second-order valence-corrected chi connectivity index (χ2v) is 6.67. The maximum atomic E-state index is 12.3. The number of likely N-dealkylation sites (tertiary alicyclic amines) is 1. The molecule has 24 heavy (non-hydrogen) atoms. The predicted octanol–water partition coefficient (Wildman–Crippen LogP) is 1.62. The molecule has 0 saturated carbocycles. The Kier molecular flexibility index (Phi) is 4.30. The monoisotopic (exact) mass is 325 g/mol. The molecule has 1 fully saturated rings. The van der Waals surface area contributed by atoms with Crippen LogP contribution >= 0.6 is 0 Å². The first-order valence-corrected chi connectivity index (χ1v) is 8.78. The third kappa shape index (κ3) is 3.19. The van der Waals surface area contributed by atoms with Crippen LogP contribution in [-0.4, -0.2) is 44.7 Å². The van der Waals surface area contributed by atoms with E-state index in [1.807, 2.05) is 21.7 Å². The number of aryl methyl sites for hydroxylation is 1. The smallest absolute Gasteiger partial charge is 0.253 e. The van der Waals surface area contributed by atoms with Gasteiger partial charge in [-0.2, -0.15) is 5.10 Å². The number of hydrogen-bond acceptors (Lipinski definition) is 4. The summed E-state index contributed by atoms with van der Waals surface area (Å²) in [7, 11) is 0. The Bertz CT molecular complexity index is 702. The average molecular weight is 325 g/mol. The van der Waals surface area contributed by atoms with E-state index in [0.29, 0.717) is 6.04 Å². The van der Waals surface area contributed by atoms with E-state index in [-0.39, 0.29) is 5.91 Å². The van der Waals surface area contributed by atoms with Crippen molar-refractivity contribution in [3.8, 4) is 0 Å². The van der Waals surface area contributed by atoms with Gasteiger partial charge in [0.1, 0.15) is 12.2 Å². The molecule has 1 aromatic carbocycles. The Labute approximate surface area is 141 Å². The number of aromatic nitrogens is 3. The van der Waals surface area contributed by atoms with Crippen molar-refractivity contribution in [2.24, 2.45) is 0 Å². The van der Waals surface area contributed by atoms with Gasteiger partial charge in [-0.3, -0.25) is 4.79 Å². The molecule has 1 atom stereocenters. The molecule has 126 valence electrons. The number of benzene rings is 1. The molecule has 6 heteroatoms. The van der Waals surface area contributed by atoms with Gasteiger partial charge in [0.05, 0.1) is 6.54 Å². The van der Waals surface area contributed by atoms with Gasteiger partial charge in [0.2, 0.25) is 0 Å². The normalized spacial score (nSPS) is 20.2. The fourth-order valence-electron chi connectivity index (χ4n) is 3.53. The zero-order valence-corrected chi connectivity index (χ0v) is 13.8. The standard InChI is InChI=1S/C18H23N5O/c24-18(22-9-1-2-10-22)15-5-3-14(4-6-15)11-19-16-7-8-17-20-13-21-23(17)12-16/h3-6,13,16,19H,1-2,7-12H2. The molecule has 0 radical (unpaired) electrons. The van der Waals surface area contributed by atoms with Crippen molar-refractivity contribution in [1.29, 1.82) is 0 Å². The predicted molar refractivity (Wildman–Crippen MR) is 90.6 cm³/mol. The Morgan fingerprint density at radius 3 is 2.79 bits per heavy atom. The van der Waals surface area contributed by atoms with Crippen molar-refractivity contribution < 1.29 is 4.79 Å². The molecule has 2 aliphatic heterocycles. The van der Waals surface area contributed by atoms with E-state index in [4.69, 9.17) is 0 Å². The fourth-order valence-corrected chi connectivity index (χ4v) is 3.53. The highest BCUT2D eigenvalue weighted by Crippen LogP contribution is 2.15. The molecule has 1 amide bonds. The maximum Gasteiger partial charge on any atom is 0.253 e. The van der Waals surface area contributed by atoms with Crippen molar-refractivity contribution in [3.63, 3.8) is 0 Å². The summed E-state index contributed by atoms with van der Waals surface area (Å²) in [5, 5.41) is 7.84. The summed E-state index contributed by atoms with van der Waals surface area (Å²) in [4.78, 5) is 18.6. The van der Waals surface area contributed by atoms with Gasteiger partial charge in [0.15, 0.2) is 0 Å². The summed E-state index contributed by atoms with van der Waals surface area (Å²) >= 11 is 0. The summed E-state index contributed by atoms with van der Waals surface area (Å²) in [6, 6.07) is 8.44. The highest BCUT2D eigenvalue weighted by atomic mass is 16.2. The molecule has 1 N–H and O–H groups in total. The Balaban J connectivity index is 1.32. The summed E-state index contributed by atoms with van der Waals surface area (Å²) in [5.74, 6) is 1.25.